The van der Waals surface area contributed by atoms with Crippen LogP contribution in [0.1, 0.15) is 61.3 Å². The Bertz CT molecular complexity index is 856. The molecule has 0 spiro atoms. The maximum Gasteiger partial charge on any atom is 0.267 e. The number of likely N-dealkylation sites (tertiary alicyclic amines) is 1. The second-order valence-electron chi connectivity index (χ2n) is 8.14. The molecule has 1 aromatic heterocycles. The van der Waals surface area contributed by atoms with Crippen molar-refractivity contribution in [1.82, 2.24) is 14.7 Å². The van der Waals surface area contributed by atoms with Gasteiger partial charge in [0.1, 0.15) is 0 Å². The van der Waals surface area contributed by atoms with Gasteiger partial charge in [-0.3, -0.25) is 9.59 Å². The second-order valence-corrected chi connectivity index (χ2v) is 8.14. The van der Waals surface area contributed by atoms with Gasteiger partial charge < -0.3 is 4.90 Å². The summed E-state index contributed by atoms with van der Waals surface area (Å²) in [6, 6.07) is 11.2. The minimum atomic E-state index is -0.0999. The lowest BCUT2D eigenvalue weighted by molar-refractivity contribution is 0.0687. The molecule has 0 atom stereocenters. The van der Waals surface area contributed by atoms with Gasteiger partial charge in [0.05, 0.1) is 11.7 Å². The van der Waals surface area contributed by atoms with E-state index < -0.39 is 0 Å². The maximum atomic E-state index is 12.7. The first-order valence-corrected chi connectivity index (χ1v) is 9.22. The van der Waals surface area contributed by atoms with E-state index >= 15 is 0 Å². The van der Waals surface area contributed by atoms with Crippen molar-refractivity contribution >= 4 is 5.91 Å². The standard InChI is InChI=1S/C21H27N3O2/c1-15-6-5-7-16(14-15)20(26)23-12-10-17(11-13-23)24-19(25)9-8-18(22-24)21(2,3)4/h5-9,14,17H,10-13H2,1-4H3. The number of carbonyl (C=O) groups excluding carboxylic acids is 1. The molecule has 26 heavy (non-hydrogen) atoms. The van der Waals surface area contributed by atoms with Gasteiger partial charge in [0.25, 0.3) is 11.5 Å². The molecule has 1 aliphatic heterocycles. The Labute approximate surface area is 154 Å². The number of nitrogens with zero attached hydrogens (tertiary/aromatic N) is 3. The number of piperidine rings is 1. The normalized spacial score (nSPS) is 15.9. The molecule has 3 rings (SSSR count). The van der Waals surface area contributed by atoms with Crippen molar-refractivity contribution in [2.24, 2.45) is 0 Å². The van der Waals surface area contributed by atoms with Gasteiger partial charge in [-0.05, 0) is 38.0 Å². The zero-order valence-corrected chi connectivity index (χ0v) is 16.0. The molecule has 1 fully saturated rings. The van der Waals surface area contributed by atoms with Gasteiger partial charge in [-0.15, -0.1) is 0 Å². The molecule has 0 saturated carbocycles. The van der Waals surface area contributed by atoms with Gasteiger partial charge in [0, 0.05) is 30.1 Å². The molecule has 138 valence electrons. The summed E-state index contributed by atoms with van der Waals surface area (Å²) in [4.78, 5) is 26.9. The summed E-state index contributed by atoms with van der Waals surface area (Å²) in [6.45, 7) is 9.55. The molecule has 2 heterocycles. The van der Waals surface area contributed by atoms with E-state index in [0.717, 1.165) is 29.7 Å². The van der Waals surface area contributed by atoms with Crippen LogP contribution in [-0.4, -0.2) is 33.7 Å². The van der Waals surface area contributed by atoms with E-state index in [1.807, 2.05) is 42.2 Å². The summed E-state index contributed by atoms with van der Waals surface area (Å²) >= 11 is 0. The molecular weight excluding hydrogens is 326 g/mol. The topological polar surface area (TPSA) is 55.2 Å². The van der Waals surface area contributed by atoms with Gasteiger partial charge >= 0.3 is 0 Å². The Morgan fingerprint density at radius 2 is 1.81 bits per heavy atom. The van der Waals surface area contributed by atoms with Crippen LogP contribution >= 0.6 is 0 Å². The lowest BCUT2D eigenvalue weighted by atomic mass is 9.92. The van der Waals surface area contributed by atoms with Crippen LogP contribution in [-0.2, 0) is 5.41 Å². The van der Waals surface area contributed by atoms with Crippen LogP contribution in [0.15, 0.2) is 41.2 Å². The first kappa shape index (κ1) is 18.4. The molecule has 1 aliphatic rings. The molecule has 1 aromatic carbocycles. The average Bonchev–Trinajstić information content (AvgIpc) is 2.61. The Kier molecular flexibility index (Phi) is 4.99. The Morgan fingerprint density at radius 3 is 2.42 bits per heavy atom. The van der Waals surface area contributed by atoms with Crippen LogP contribution in [0.3, 0.4) is 0 Å². The third-order valence-corrected chi connectivity index (χ3v) is 4.96. The summed E-state index contributed by atoms with van der Waals surface area (Å²) in [5.41, 5.74) is 2.56. The number of rotatable bonds is 2. The van der Waals surface area contributed by atoms with Crippen molar-refractivity contribution in [3.8, 4) is 0 Å². The average molecular weight is 353 g/mol. The first-order chi connectivity index (χ1) is 12.3. The predicted molar refractivity (Wildman–Crippen MR) is 103 cm³/mol. The lowest BCUT2D eigenvalue weighted by Crippen LogP contribution is -2.41. The summed E-state index contributed by atoms with van der Waals surface area (Å²) in [5.74, 6) is 0.0656. The number of carbonyl (C=O) groups is 1. The fourth-order valence-corrected chi connectivity index (χ4v) is 3.36. The molecule has 5 nitrogen and oxygen atoms in total. The third kappa shape index (κ3) is 3.87. The largest absolute Gasteiger partial charge is 0.338 e. The van der Waals surface area contributed by atoms with Crippen molar-refractivity contribution in [2.75, 3.05) is 13.1 Å². The van der Waals surface area contributed by atoms with Gasteiger partial charge in [0.2, 0.25) is 0 Å². The summed E-state index contributed by atoms with van der Waals surface area (Å²) in [6.07, 6.45) is 1.50. The fourth-order valence-electron chi connectivity index (χ4n) is 3.36. The number of aryl methyl sites for hydroxylation is 1. The fraction of sp³-hybridized carbons (Fsp3) is 0.476. The Morgan fingerprint density at radius 1 is 1.12 bits per heavy atom. The van der Waals surface area contributed by atoms with Crippen molar-refractivity contribution in [3.05, 3.63) is 63.6 Å². The van der Waals surface area contributed by atoms with E-state index in [1.54, 1.807) is 10.7 Å². The number of hydrogen-bond acceptors (Lipinski definition) is 3. The van der Waals surface area contributed by atoms with E-state index in [9.17, 15) is 9.59 Å². The van der Waals surface area contributed by atoms with Gasteiger partial charge in [-0.2, -0.15) is 5.10 Å². The predicted octanol–water partition coefficient (Wildman–Crippen LogP) is 3.33. The van der Waals surface area contributed by atoms with E-state index in [1.165, 1.54) is 0 Å². The van der Waals surface area contributed by atoms with Crippen LogP contribution in [0, 0.1) is 6.92 Å². The van der Waals surface area contributed by atoms with Crippen LogP contribution in [0.25, 0.3) is 0 Å². The molecule has 2 aromatic rings. The zero-order valence-electron chi connectivity index (χ0n) is 16.0. The highest BCUT2D eigenvalue weighted by Gasteiger charge is 2.27. The number of amides is 1. The number of hydrogen-bond donors (Lipinski definition) is 0. The molecule has 1 saturated heterocycles. The van der Waals surface area contributed by atoms with Crippen molar-refractivity contribution in [1.29, 1.82) is 0 Å². The van der Waals surface area contributed by atoms with E-state index in [4.69, 9.17) is 0 Å². The van der Waals surface area contributed by atoms with Crippen LogP contribution < -0.4 is 5.56 Å². The molecular formula is C21H27N3O2. The third-order valence-electron chi connectivity index (χ3n) is 4.96. The Hall–Kier alpha value is -2.43. The smallest absolute Gasteiger partial charge is 0.267 e. The summed E-state index contributed by atoms with van der Waals surface area (Å²) in [5, 5.41) is 4.61. The summed E-state index contributed by atoms with van der Waals surface area (Å²) in [7, 11) is 0. The van der Waals surface area contributed by atoms with Gasteiger partial charge in [-0.1, -0.05) is 38.5 Å². The van der Waals surface area contributed by atoms with Gasteiger partial charge in [-0.25, -0.2) is 4.68 Å². The minimum Gasteiger partial charge on any atom is -0.338 e. The van der Waals surface area contributed by atoms with Crippen LogP contribution in [0.2, 0.25) is 0 Å². The van der Waals surface area contributed by atoms with Gasteiger partial charge in [0.15, 0.2) is 0 Å². The van der Waals surface area contributed by atoms with E-state index in [-0.39, 0.29) is 22.9 Å². The highest BCUT2D eigenvalue weighted by atomic mass is 16.2. The van der Waals surface area contributed by atoms with Crippen LogP contribution in [0.5, 0.6) is 0 Å². The number of benzene rings is 1. The second kappa shape index (κ2) is 7.06. The van der Waals surface area contributed by atoms with E-state index in [2.05, 4.69) is 25.9 Å². The monoisotopic (exact) mass is 353 g/mol. The van der Waals surface area contributed by atoms with Crippen LogP contribution in [0.4, 0.5) is 0 Å². The van der Waals surface area contributed by atoms with Crippen molar-refractivity contribution in [2.45, 2.75) is 52.0 Å². The minimum absolute atomic E-state index is 0.0476. The maximum absolute atomic E-state index is 12.7. The Balaban J connectivity index is 1.73. The van der Waals surface area contributed by atoms with Crippen molar-refractivity contribution < 1.29 is 4.79 Å². The quantitative estimate of drug-likeness (QED) is 0.832. The highest BCUT2D eigenvalue weighted by molar-refractivity contribution is 5.94. The summed E-state index contributed by atoms with van der Waals surface area (Å²) < 4.78 is 1.62. The molecule has 0 unspecified atom stereocenters. The molecule has 0 bridgehead atoms. The highest BCUT2D eigenvalue weighted by Crippen LogP contribution is 2.24. The van der Waals surface area contributed by atoms with Crippen molar-refractivity contribution in [3.63, 3.8) is 0 Å². The molecule has 1 amide bonds. The van der Waals surface area contributed by atoms with E-state index in [0.29, 0.717) is 13.1 Å². The zero-order chi connectivity index (χ0) is 18.9. The first-order valence-electron chi connectivity index (χ1n) is 9.22. The lowest BCUT2D eigenvalue weighted by Gasteiger charge is -2.33. The molecule has 0 aliphatic carbocycles. The molecule has 5 heteroatoms. The number of aromatic nitrogens is 2. The SMILES string of the molecule is Cc1cccc(C(=O)N2CCC(n3nc(C(C)(C)C)ccc3=O)CC2)c1. The molecule has 0 N–H and O–H groups in total. The molecule has 0 radical (unpaired) electrons.